The van der Waals surface area contributed by atoms with Crippen LogP contribution >= 0.6 is 11.6 Å². The molecule has 1 atom stereocenters. The Morgan fingerprint density at radius 2 is 1.89 bits per heavy atom. The lowest BCUT2D eigenvalue weighted by Crippen LogP contribution is -2.38. The van der Waals surface area contributed by atoms with Crippen molar-refractivity contribution in [2.75, 3.05) is 6.61 Å². The van der Waals surface area contributed by atoms with Gasteiger partial charge in [0.25, 0.3) is 5.91 Å². The predicted octanol–water partition coefficient (Wildman–Crippen LogP) is 5.02. The van der Waals surface area contributed by atoms with Gasteiger partial charge in [0.05, 0.1) is 31.0 Å². The number of carbonyl (C=O) groups excluding carboxylic acids is 3. The molecule has 37 heavy (non-hydrogen) atoms. The van der Waals surface area contributed by atoms with Gasteiger partial charge in [-0.2, -0.15) is 0 Å². The number of esters is 1. The molecule has 2 heterocycles. The smallest absolute Gasteiger partial charge is 0.336 e. The number of rotatable bonds is 8. The molecule has 1 unspecified atom stereocenters. The van der Waals surface area contributed by atoms with Crippen molar-refractivity contribution >= 4 is 29.4 Å². The summed E-state index contributed by atoms with van der Waals surface area (Å²) < 4.78 is 5.35. The molecular weight excluding hydrogens is 490 g/mol. The highest BCUT2D eigenvalue weighted by molar-refractivity contribution is 6.30. The van der Waals surface area contributed by atoms with Crippen LogP contribution in [-0.4, -0.2) is 34.3 Å². The van der Waals surface area contributed by atoms with E-state index in [1.807, 2.05) is 36.4 Å². The quantitative estimate of drug-likeness (QED) is 0.424. The zero-order valence-corrected chi connectivity index (χ0v) is 21.5. The molecular formula is C29H28ClN3O4. The van der Waals surface area contributed by atoms with E-state index in [9.17, 15) is 14.4 Å². The topological polar surface area (TPSA) is 88.6 Å². The number of carbonyl (C=O) groups is 3. The van der Waals surface area contributed by atoms with Gasteiger partial charge in [-0.25, -0.2) is 4.79 Å². The zero-order chi connectivity index (χ0) is 26.4. The molecule has 1 aliphatic rings. The van der Waals surface area contributed by atoms with Crippen LogP contribution in [0.15, 0.2) is 84.2 Å². The highest BCUT2D eigenvalue weighted by Crippen LogP contribution is 2.38. The second-order valence-electron chi connectivity index (χ2n) is 8.71. The van der Waals surface area contributed by atoms with E-state index in [0.717, 1.165) is 16.8 Å². The molecule has 0 saturated heterocycles. The van der Waals surface area contributed by atoms with Gasteiger partial charge in [-0.05, 0) is 61.4 Å². The second kappa shape index (κ2) is 11.8. The maximum absolute atomic E-state index is 13.2. The lowest BCUT2D eigenvalue weighted by Gasteiger charge is -2.34. The molecule has 0 saturated carbocycles. The molecule has 2 amide bonds. The molecule has 0 fully saturated rings. The first-order valence-corrected chi connectivity index (χ1v) is 12.5. The molecule has 0 spiro atoms. The fourth-order valence-corrected chi connectivity index (χ4v) is 4.60. The van der Waals surface area contributed by atoms with Crippen molar-refractivity contribution in [2.45, 2.75) is 39.3 Å². The number of pyridine rings is 1. The average Bonchev–Trinajstić information content (AvgIpc) is 2.90. The van der Waals surface area contributed by atoms with Crippen LogP contribution in [0.5, 0.6) is 0 Å². The van der Waals surface area contributed by atoms with Crippen molar-refractivity contribution in [1.29, 1.82) is 0 Å². The first kappa shape index (κ1) is 26.1. The third kappa shape index (κ3) is 6.24. The molecule has 8 heteroatoms. The molecule has 1 aliphatic heterocycles. The van der Waals surface area contributed by atoms with E-state index in [-0.39, 0.29) is 31.4 Å². The molecule has 1 N–H and O–H groups in total. The van der Waals surface area contributed by atoms with Crippen molar-refractivity contribution in [2.24, 2.45) is 0 Å². The number of hydrogen-bond donors (Lipinski definition) is 1. The number of aromatic nitrogens is 1. The molecule has 190 valence electrons. The van der Waals surface area contributed by atoms with Crippen LogP contribution < -0.4 is 5.32 Å². The Labute approximate surface area is 221 Å². The lowest BCUT2D eigenvalue weighted by molar-refractivity contribution is -0.140. The Bertz CT molecular complexity index is 1320. The zero-order valence-electron chi connectivity index (χ0n) is 20.7. The fraction of sp³-hybridized carbons (Fsp3) is 0.241. The molecule has 0 aliphatic carbocycles. The molecule has 3 aromatic rings. The van der Waals surface area contributed by atoms with Crippen LogP contribution in [0.1, 0.15) is 53.4 Å². The SMILES string of the molecule is CCOC(=O)C1=C(C)N(Cc2ccc(C(=O)NCc3ccccn3)cc2)C(=O)CC1c1cccc(Cl)c1. The van der Waals surface area contributed by atoms with Crippen LogP contribution in [0, 0.1) is 0 Å². The normalized spacial score (nSPS) is 15.5. The Balaban J connectivity index is 1.53. The van der Waals surface area contributed by atoms with Gasteiger partial charge in [-0.1, -0.05) is 41.9 Å². The third-order valence-corrected chi connectivity index (χ3v) is 6.52. The maximum atomic E-state index is 13.2. The first-order valence-electron chi connectivity index (χ1n) is 12.1. The summed E-state index contributed by atoms with van der Waals surface area (Å²) in [5.41, 5.74) is 3.91. The van der Waals surface area contributed by atoms with Gasteiger partial charge in [0, 0.05) is 34.8 Å². The van der Waals surface area contributed by atoms with E-state index >= 15 is 0 Å². The van der Waals surface area contributed by atoms with Crippen LogP contribution in [0.3, 0.4) is 0 Å². The summed E-state index contributed by atoms with van der Waals surface area (Å²) in [4.78, 5) is 44.5. The van der Waals surface area contributed by atoms with Crippen LogP contribution in [-0.2, 0) is 27.4 Å². The Hall–Kier alpha value is -3.97. The summed E-state index contributed by atoms with van der Waals surface area (Å²) in [6.45, 7) is 4.35. The third-order valence-electron chi connectivity index (χ3n) is 6.28. The minimum atomic E-state index is -0.442. The van der Waals surface area contributed by atoms with Gasteiger partial charge < -0.3 is 15.0 Å². The second-order valence-corrected chi connectivity index (χ2v) is 9.15. The molecule has 1 aromatic heterocycles. The molecule has 7 nitrogen and oxygen atoms in total. The number of benzene rings is 2. The number of allylic oxidation sites excluding steroid dienone is 1. The summed E-state index contributed by atoms with van der Waals surface area (Å²) in [5.74, 6) is -1.20. The Morgan fingerprint density at radius 3 is 2.57 bits per heavy atom. The van der Waals surface area contributed by atoms with E-state index in [4.69, 9.17) is 16.3 Å². The molecule has 2 aromatic carbocycles. The summed E-state index contributed by atoms with van der Waals surface area (Å²) in [6.07, 6.45) is 1.80. The summed E-state index contributed by atoms with van der Waals surface area (Å²) >= 11 is 6.19. The maximum Gasteiger partial charge on any atom is 0.336 e. The Kier molecular flexibility index (Phi) is 8.36. The minimum absolute atomic E-state index is 0.104. The first-order chi connectivity index (χ1) is 17.9. The van der Waals surface area contributed by atoms with Gasteiger partial charge in [-0.15, -0.1) is 0 Å². The van der Waals surface area contributed by atoms with E-state index in [1.54, 1.807) is 55.3 Å². The standard InChI is InChI=1S/C29H28ClN3O4/c1-3-37-29(36)27-19(2)33(26(34)16-25(27)22-7-6-8-23(30)15-22)18-20-10-12-21(13-11-20)28(35)32-17-24-9-4-5-14-31-24/h4-15,25H,3,16-18H2,1-2H3,(H,32,35). The van der Waals surface area contributed by atoms with E-state index in [1.165, 1.54) is 0 Å². The molecule has 0 bridgehead atoms. The lowest BCUT2D eigenvalue weighted by atomic mass is 9.83. The van der Waals surface area contributed by atoms with E-state index < -0.39 is 11.9 Å². The van der Waals surface area contributed by atoms with Gasteiger partial charge in [0.2, 0.25) is 5.91 Å². The van der Waals surface area contributed by atoms with Crippen molar-refractivity contribution in [1.82, 2.24) is 15.2 Å². The van der Waals surface area contributed by atoms with Crippen molar-refractivity contribution in [3.8, 4) is 0 Å². The van der Waals surface area contributed by atoms with Crippen molar-refractivity contribution in [3.63, 3.8) is 0 Å². The minimum Gasteiger partial charge on any atom is -0.463 e. The largest absolute Gasteiger partial charge is 0.463 e. The van der Waals surface area contributed by atoms with E-state index in [2.05, 4.69) is 10.3 Å². The summed E-state index contributed by atoms with van der Waals surface area (Å²) in [5, 5.41) is 3.39. The van der Waals surface area contributed by atoms with Crippen LogP contribution in [0.4, 0.5) is 0 Å². The van der Waals surface area contributed by atoms with Crippen LogP contribution in [0.25, 0.3) is 0 Å². The van der Waals surface area contributed by atoms with E-state index in [0.29, 0.717) is 28.4 Å². The number of halogens is 1. The Morgan fingerprint density at radius 1 is 1.11 bits per heavy atom. The van der Waals surface area contributed by atoms with Gasteiger partial charge >= 0.3 is 5.97 Å². The van der Waals surface area contributed by atoms with Gasteiger partial charge in [0.1, 0.15) is 0 Å². The predicted molar refractivity (Wildman–Crippen MR) is 141 cm³/mol. The number of nitrogens with zero attached hydrogens (tertiary/aromatic N) is 2. The van der Waals surface area contributed by atoms with Gasteiger partial charge in [0.15, 0.2) is 0 Å². The highest BCUT2D eigenvalue weighted by Gasteiger charge is 2.37. The number of nitrogens with one attached hydrogen (secondary N) is 1. The summed E-state index contributed by atoms with van der Waals surface area (Å²) in [7, 11) is 0. The fourth-order valence-electron chi connectivity index (χ4n) is 4.40. The van der Waals surface area contributed by atoms with Crippen molar-refractivity contribution < 1.29 is 19.1 Å². The van der Waals surface area contributed by atoms with Crippen LogP contribution in [0.2, 0.25) is 5.02 Å². The molecule has 0 radical (unpaired) electrons. The molecule has 4 rings (SSSR count). The number of ether oxygens (including phenoxy) is 1. The van der Waals surface area contributed by atoms with Crippen molar-refractivity contribution in [3.05, 3.63) is 112 Å². The van der Waals surface area contributed by atoms with Gasteiger partial charge in [-0.3, -0.25) is 14.6 Å². The summed E-state index contributed by atoms with van der Waals surface area (Å²) in [6, 6.07) is 19.8. The number of amides is 2. The number of hydrogen-bond acceptors (Lipinski definition) is 5. The average molecular weight is 518 g/mol. The monoisotopic (exact) mass is 517 g/mol. The highest BCUT2D eigenvalue weighted by atomic mass is 35.5.